The van der Waals surface area contributed by atoms with Crippen molar-refractivity contribution in [1.29, 1.82) is 0 Å². The summed E-state index contributed by atoms with van der Waals surface area (Å²) in [6.45, 7) is 0.545. The molecule has 0 bridgehead atoms. The molecule has 0 amide bonds. The van der Waals surface area contributed by atoms with E-state index < -0.39 is 0 Å². The Hall–Kier alpha value is -0.540. The highest BCUT2D eigenvalue weighted by Gasteiger charge is 1.89. The molecule has 0 unspecified atom stereocenters. The van der Waals surface area contributed by atoms with Crippen molar-refractivity contribution in [2.75, 3.05) is 6.54 Å². The van der Waals surface area contributed by atoms with Crippen molar-refractivity contribution >= 4 is 18.7 Å². The van der Waals surface area contributed by atoms with Crippen LogP contribution in [0.5, 0.6) is 0 Å². The number of hydroxylamine groups is 2. The molecule has 0 radical (unpaired) electrons. The van der Waals surface area contributed by atoms with Crippen LogP contribution in [-0.2, 0) is 0 Å². The summed E-state index contributed by atoms with van der Waals surface area (Å²) >= 11 is 0. The maximum absolute atomic E-state index is 8.54. The molecule has 0 aromatic carbocycles. The van der Waals surface area contributed by atoms with Gasteiger partial charge >= 0.3 is 0 Å². The molecular weight excluding hydrogens is 128 g/mol. The molecule has 0 aromatic rings. The number of aliphatic imine (C=N–C) groups is 1. The van der Waals surface area contributed by atoms with Crippen LogP contribution in [-0.4, -0.2) is 23.2 Å². The normalized spacial score (nSPS) is 15.9. The first kappa shape index (κ1) is 7.46. The quantitative estimate of drug-likeness (QED) is 0.528. The monoisotopic (exact) mass is 134 g/mol. The van der Waals surface area contributed by atoms with Crippen LogP contribution in [0.15, 0.2) is 17.3 Å². The highest BCUT2D eigenvalue weighted by molar-refractivity contribution is 5.85. The highest BCUT2D eigenvalue weighted by Crippen LogP contribution is 1.85. The second-order valence-electron chi connectivity index (χ2n) is 1.27. The molecule has 1 rings (SSSR count). The summed E-state index contributed by atoms with van der Waals surface area (Å²) in [4.78, 5) is 3.63. The van der Waals surface area contributed by atoms with E-state index >= 15 is 0 Å². The minimum absolute atomic E-state index is 0. The first-order chi connectivity index (χ1) is 3.39. The topological polar surface area (TPSA) is 35.8 Å². The lowest BCUT2D eigenvalue weighted by Crippen LogP contribution is -2.18. The van der Waals surface area contributed by atoms with Crippen molar-refractivity contribution in [3.63, 3.8) is 0 Å². The summed E-state index contributed by atoms with van der Waals surface area (Å²) in [5, 5.41) is 9.56. The third-order valence-corrected chi connectivity index (χ3v) is 0.684. The van der Waals surface area contributed by atoms with Crippen LogP contribution in [0, 0.1) is 0 Å². The van der Waals surface area contributed by atoms with Crippen molar-refractivity contribution in [2.45, 2.75) is 0 Å². The number of nitrogens with zero attached hydrogens (tertiary/aromatic N) is 2. The zero-order valence-electron chi connectivity index (χ0n) is 4.19. The lowest BCUT2D eigenvalue weighted by Gasteiger charge is -2.07. The van der Waals surface area contributed by atoms with Crippen LogP contribution in [0.1, 0.15) is 0 Å². The summed E-state index contributed by atoms with van der Waals surface area (Å²) in [6.07, 6.45) is 4.77. The molecule has 46 valence electrons. The molecule has 4 heteroatoms. The lowest BCUT2D eigenvalue weighted by molar-refractivity contribution is 0.00234. The second kappa shape index (κ2) is 3.46. The fourth-order valence-electron chi connectivity index (χ4n) is 0.379. The zero-order valence-corrected chi connectivity index (χ0v) is 5.01. The molecule has 0 aliphatic carbocycles. The summed E-state index contributed by atoms with van der Waals surface area (Å²) in [5.41, 5.74) is 0. The number of hydrogen-bond acceptors (Lipinski definition) is 3. The molecule has 3 nitrogen and oxygen atoms in total. The second-order valence-corrected chi connectivity index (χ2v) is 1.27. The Morgan fingerprint density at radius 1 is 1.62 bits per heavy atom. The van der Waals surface area contributed by atoms with Gasteiger partial charge in [0.05, 0.1) is 6.54 Å². The minimum atomic E-state index is 0. The Morgan fingerprint density at radius 3 is 2.62 bits per heavy atom. The van der Waals surface area contributed by atoms with Crippen molar-refractivity contribution in [3.05, 3.63) is 12.3 Å². The maximum Gasteiger partial charge on any atom is 0.116 e. The van der Waals surface area contributed by atoms with Crippen molar-refractivity contribution < 1.29 is 5.21 Å². The summed E-state index contributed by atoms with van der Waals surface area (Å²) in [7, 11) is 0. The van der Waals surface area contributed by atoms with E-state index in [4.69, 9.17) is 5.21 Å². The van der Waals surface area contributed by atoms with E-state index in [1.165, 1.54) is 6.34 Å². The largest absolute Gasteiger partial charge is 0.287 e. The predicted molar refractivity (Wildman–Crippen MR) is 33.4 cm³/mol. The van der Waals surface area contributed by atoms with Gasteiger partial charge in [-0.2, -0.15) is 0 Å². The molecule has 0 aromatic heterocycles. The van der Waals surface area contributed by atoms with E-state index in [9.17, 15) is 0 Å². The number of halogens is 1. The number of rotatable bonds is 0. The van der Waals surface area contributed by atoms with Crippen LogP contribution >= 0.6 is 12.4 Å². The minimum Gasteiger partial charge on any atom is -0.287 e. The van der Waals surface area contributed by atoms with Gasteiger partial charge in [-0.15, -0.1) is 12.4 Å². The van der Waals surface area contributed by atoms with Crippen LogP contribution in [0.3, 0.4) is 0 Å². The Bertz CT molecular complexity index is 113. The van der Waals surface area contributed by atoms with E-state index in [1.807, 2.05) is 0 Å². The molecule has 1 aliphatic heterocycles. The molecular formula is C4H7ClN2O. The van der Waals surface area contributed by atoms with E-state index in [0.717, 1.165) is 5.06 Å². The van der Waals surface area contributed by atoms with Crippen LogP contribution in [0.25, 0.3) is 0 Å². The van der Waals surface area contributed by atoms with Gasteiger partial charge in [0, 0.05) is 6.20 Å². The smallest absolute Gasteiger partial charge is 0.116 e. The summed E-state index contributed by atoms with van der Waals surface area (Å²) < 4.78 is 0. The van der Waals surface area contributed by atoms with Crippen molar-refractivity contribution in [1.82, 2.24) is 5.06 Å². The van der Waals surface area contributed by atoms with Gasteiger partial charge in [-0.05, 0) is 6.08 Å². The highest BCUT2D eigenvalue weighted by atomic mass is 35.5. The Morgan fingerprint density at radius 2 is 2.38 bits per heavy atom. The maximum atomic E-state index is 8.54. The fourth-order valence-corrected chi connectivity index (χ4v) is 0.379. The van der Waals surface area contributed by atoms with Gasteiger partial charge in [0.25, 0.3) is 0 Å². The third-order valence-electron chi connectivity index (χ3n) is 0.684. The van der Waals surface area contributed by atoms with E-state index in [2.05, 4.69) is 4.99 Å². The summed E-state index contributed by atoms with van der Waals surface area (Å²) in [5.74, 6) is 0. The molecule has 8 heavy (non-hydrogen) atoms. The van der Waals surface area contributed by atoms with Gasteiger partial charge in [0.2, 0.25) is 0 Å². The number of hydrogen-bond donors (Lipinski definition) is 1. The fraction of sp³-hybridized carbons (Fsp3) is 0.250. The van der Waals surface area contributed by atoms with E-state index in [1.54, 1.807) is 12.3 Å². The molecule has 0 saturated heterocycles. The Balaban J connectivity index is 0.000000490. The Labute approximate surface area is 53.7 Å². The summed E-state index contributed by atoms with van der Waals surface area (Å²) in [6, 6.07) is 0. The molecule has 1 heterocycles. The molecule has 1 aliphatic rings. The average molecular weight is 135 g/mol. The average Bonchev–Trinajstić information content (AvgIpc) is 1.69. The first-order valence-corrected chi connectivity index (χ1v) is 2.03. The molecule has 0 atom stereocenters. The van der Waals surface area contributed by atoms with Crippen LogP contribution in [0.4, 0.5) is 0 Å². The SMILES string of the molecule is Cl.ON1C=NC=CC1. The lowest BCUT2D eigenvalue weighted by atomic mass is 10.6. The van der Waals surface area contributed by atoms with Gasteiger partial charge in [0.1, 0.15) is 6.34 Å². The first-order valence-electron chi connectivity index (χ1n) is 2.03. The predicted octanol–water partition coefficient (Wildman–Crippen LogP) is 0.655. The van der Waals surface area contributed by atoms with E-state index in [-0.39, 0.29) is 12.4 Å². The van der Waals surface area contributed by atoms with Gasteiger partial charge < -0.3 is 0 Å². The van der Waals surface area contributed by atoms with Crippen LogP contribution < -0.4 is 0 Å². The molecule has 0 saturated carbocycles. The van der Waals surface area contributed by atoms with E-state index in [0.29, 0.717) is 6.54 Å². The third kappa shape index (κ3) is 1.95. The van der Waals surface area contributed by atoms with Crippen molar-refractivity contribution in [3.8, 4) is 0 Å². The molecule has 0 spiro atoms. The van der Waals surface area contributed by atoms with Gasteiger partial charge in [-0.3, -0.25) is 5.21 Å². The van der Waals surface area contributed by atoms with Crippen molar-refractivity contribution in [2.24, 2.45) is 4.99 Å². The standard InChI is InChI=1S/C4H6N2O.ClH/c7-6-3-1-2-5-4-6;/h1-2,4,7H,3H2;1H. The molecule has 0 fully saturated rings. The van der Waals surface area contributed by atoms with Gasteiger partial charge in [-0.1, -0.05) is 0 Å². The van der Waals surface area contributed by atoms with Crippen LogP contribution in [0.2, 0.25) is 0 Å². The molecule has 1 N–H and O–H groups in total. The Kier molecular flexibility index (Phi) is 3.23. The zero-order chi connectivity index (χ0) is 5.11. The van der Waals surface area contributed by atoms with Gasteiger partial charge in [-0.25, -0.2) is 10.1 Å². The van der Waals surface area contributed by atoms with Gasteiger partial charge in [0.15, 0.2) is 0 Å².